The molecule has 8 heteroatoms. The number of morpholine rings is 1. The van der Waals surface area contributed by atoms with Crippen LogP contribution in [0, 0.1) is 0 Å². The second-order valence-corrected chi connectivity index (χ2v) is 10.0. The van der Waals surface area contributed by atoms with Gasteiger partial charge in [-0.25, -0.2) is 13.4 Å². The molecule has 0 aliphatic carbocycles. The van der Waals surface area contributed by atoms with Gasteiger partial charge in [-0.15, -0.1) is 11.3 Å². The maximum atomic E-state index is 12.8. The smallest absolute Gasteiger partial charge is 0.243 e. The number of hydrogen-bond donors (Lipinski definition) is 1. The molecule has 0 radical (unpaired) electrons. The first-order chi connectivity index (χ1) is 15.1. The van der Waals surface area contributed by atoms with Crippen LogP contribution in [0.15, 0.2) is 77.0 Å². The largest absolute Gasteiger partial charge is 0.379 e. The molecule has 6 nitrogen and oxygen atoms in total. The van der Waals surface area contributed by atoms with Crippen LogP contribution in [0.2, 0.25) is 0 Å². The van der Waals surface area contributed by atoms with Gasteiger partial charge in [0.05, 0.1) is 23.8 Å². The second kappa shape index (κ2) is 8.39. The molecule has 5 rings (SSSR count). The highest BCUT2D eigenvalue weighted by Crippen LogP contribution is 2.31. The van der Waals surface area contributed by atoms with Crippen molar-refractivity contribution in [2.24, 2.45) is 0 Å². The standard InChI is InChI=1S/C23H21N3O3S2/c27-31(28,26-12-14-29-15-13-26)19-10-8-18(9-11-19)22-16-30-23(25-22)24-21-7-3-5-17-4-1-2-6-20(17)21/h1-11,16H,12-15H2,(H,24,25). The maximum Gasteiger partial charge on any atom is 0.243 e. The normalized spacial score (nSPS) is 15.2. The van der Waals surface area contributed by atoms with Gasteiger partial charge in [-0.3, -0.25) is 0 Å². The van der Waals surface area contributed by atoms with Gasteiger partial charge in [0, 0.05) is 35.1 Å². The van der Waals surface area contributed by atoms with E-state index in [4.69, 9.17) is 9.72 Å². The quantitative estimate of drug-likeness (QED) is 0.475. The Balaban J connectivity index is 1.36. The minimum absolute atomic E-state index is 0.294. The van der Waals surface area contributed by atoms with E-state index >= 15 is 0 Å². The molecule has 0 atom stereocenters. The van der Waals surface area contributed by atoms with E-state index in [1.807, 2.05) is 41.8 Å². The Hall–Kier alpha value is -2.78. The van der Waals surface area contributed by atoms with E-state index in [1.54, 1.807) is 12.1 Å². The molecule has 0 saturated carbocycles. The number of thiazole rings is 1. The summed E-state index contributed by atoms with van der Waals surface area (Å²) >= 11 is 1.52. The van der Waals surface area contributed by atoms with E-state index < -0.39 is 10.0 Å². The lowest BCUT2D eigenvalue weighted by molar-refractivity contribution is 0.0730. The summed E-state index contributed by atoms with van der Waals surface area (Å²) in [4.78, 5) is 4.99. The highest BCUT2D eigenvalue weighted by molar-refractivity contribution is 7.89. The summed E-state index contributed by atoms with van der Waals surface area (Å²) in [5.41, 5.74) is 2.69. The predicted octanol–water partition coefficient (Wildman–Crippen LogP) is 4.73. The Morgan fingerprint density at radius 2 is 1.68 bits per heavy atom. The Morgan fingerprint density at radius 1 is 0.935 bits per heavy atom. The van der Waals surface area contributed by atoms with Crippen LogP contribution in [-0.2, 0) is 14.8 Å². The van der Waals surface area contributed by atoms with Gasteiger partial charge >= 0.3 is 0 Å². The molecular formula is C23H21N3O3S2. The van der Waals surface area contributed by atoms with Crippen LogP contribution in [0.1, 0.15) is 0 Å². The Labute approximate surface area is 185 Å². The number of nitrogens with zero attached hydrogens (tertiary/aromatic N) is 2. The van der Waals surface area contributed by atoms with Crippen molar-refractivity contribution in [3.8, 4) is 11.3 Å². The van der Waals surface area contributed by atoms with E-state index in [2.05, 4.69) is 23.5 Å². The van der Waals surface area contributed by atoms with Gasteiger partial charge in [-0.05, 0) is 23.6 Å². The van der Waals surface area contributed by atoms with Crippen molar-refractivity contribution in [2.75, 3.05) is 31.6 Å². The molecule has 0 spiro atoms. The van der Waals surface area contributed by atoms with Crippen molar-refractivity contribution < 1.29 is 13.2 Å². The lowest BCUT2D eigenvalue weighted by atomic mass is 10.1. The third-order valence-corrected chi connectivity index (χ3v) is 7.96. The van der Waals surface area contributed by atoms with Crippen molar-refractivity contribution in [2.45, 2.75) is 4.90 Å². The molecule has 1 aliphatic rings. The second-order valence-electron chi connectivity index (χ2n) is 7.23. The van der Waals surface area contributed by atoms with Crippen LogP contribution in [0.25, 0.3) is 22.0 Å². The van der Waals surface area contributed by atoms with E-state index in [0.29, 0.717) is 31.2 Å². The lowest BCUT2D eigenvalue weighted by Gasteiger charge is -2.26. The summed E-state index contributed by atoms with van der Waals surface area (Å²) in [6.45, 7) is 1.64. The number of fused-ring (bicyclic) bond motifs is 1. The summed E-state index contributed by atoms with van der Waals surface area (Å²) < 4.78 is 32.3. The molecule has 1 fully saturated rings. The first-order valence-corrected chi connectivity index (χ1v) is 12.3. The highest BCUT2D eigenvalue weighted by atomic mass is 32.2. The third-order valence-electron chi connectivity index (χ3n) is 5.29. The molecule has 1 aliphatic heterocycles. The first-order valence-electron chi connectivity index (χ1n) is 10.00. The fourth-order valence-corrected chi connectivity index (χ4v) is 5.79. The summed E-state index contributed by atoms with van der Waals surface area (Å²) in [5.74, 6) is 0. The zero-order valence-corrected chi connectivity index (χ0v) is 18.3. The number of nitrogens with one attached hydrogen (secondary N) is 1. The van der Waals surface area contributed by atoms with Crippen LogP contribution < -0.4 is 5.32 Å². The number of aromatic nitrogens is 1. The Kier molecular flexibility index (Phi) is 5.45. The van der Waals surface area contributed by atoms with Gasteiger partial charge in [0.25, 0.3) is 0 Å². The number of anilines is 2. The summed E-state index contributed by atoms with van der Waals surface area (Å²) in [6, 6.07) is 21.3. The van der Waals surface area contributed by atoms with Gasteiger partial charge in [-0.1, -0.05) is 48.5 Å². The SMILES string of the molecule is O=S(=O)(c1ccc(-c2csc(Nc3cccc4ccccc34)n2)cc1)N1CCOCC1. The van der Waals surface area contributed by atoms with Crippen molar-refractivity contribution in [3.05, 3.63) is 72.1 Å². The number of hydrogen-bond acceptors (Lipinski definition) is 6. The Morgan fingerprint density at radius 3 is 2.48 bits per heavy atom. The predicted molar refractivity (Wildman–Crippen MR) is 124 cm³/mol. The summed E-state index contributed by atoms with van der Waals surface area (Å²) in [7, 11) is -3.49. The summed E-state index contributed by atoms with van der Waals surface area (Å²) in [5, 5.41) is 8.47. The van der Waals surface area contributed by atoms with E-state index in [1.165, 1.54) is 21.0 Å². The lowest BCUT2D eigenvalue weighted by Crippen LogP contribution is -2.40. The van der Waals surface area contributed by atoms with Gasteiger partial charge in [0.1, 0.15) is 0 Å². The van der Waals surface area contributed by atoms with Crippen LogP contribution in [-0.4, -0.2) is 44.0 Å². The molecule has 1 N–H and O–H groups in total. The molecule has 2 heterocycles. The van der Waals surface area contributed by atoms with Gasteiger partial charge < -0.3 is 10.1 Å². The topological polar surface area (TPSA) is 71.5 Å². The zero-order chi connectivity index (χ0) is 21.3. The van der Waals surface area contributed by atoms with E-state index in [-0.39, 0.29) is 0 Å². The molecule has 4 aromatic rings. The molecule has 1 aromatic heterocycles. The molecule has 31 heavy (non-hydrogen) atoms. The van der Waals surface area contributed by atoms with Crippen LogP contribution in [0.3, 0.4) is 0 Å². The molecule has 0 amide bonds. The van der Waals surface area contributed by atoms with Crippen molar-refractivity contribution in [3.63, 3.8) is 0 Å². The van der Waals surface area contributed by atoms with E-state index in [9.17, 15) is 8.42 Å². The van der Waals surface area contributed by atoms with Crippen LogP contribution in [0.5, 0.6) is 0 Å². The molecule has 3 aromatic carbocycles. The van der Waals surface area contributed by atoms with E-state index in [0.717, 1.165) is 27.5 Å². The molecule has 158 valence electrons. The van der Waals surface area contributed by atoms with Crippen molar-refractivity contribution in [1.82, 2.24) is 9.29 Å². The minimum Gasteiger partial charge on any atom is -0.379 e. The fraction of sp³-hybridized carbons (Fsp3) is 0.174. The average molecular weight is 452 g/mol. The Bertz CT molecular complexity index is 1310. The maximum absolute atomic E-state index is 12.8. The fourth-order valence-electron chi connectivity index (χ4n) is 3.65. The minimum atomic E-state index is -3.49. The van der Waals surface area contributed by atoms with Gasteiger partial charge in [0.2, 0.25) is 10.0 Å². The highest BCUT2D eigenvalue weighted by Gasteiger charge is 2.26. The van der Waals surface area contributed by atoms with Crippen LogP contribution in [0.4, 0.5) is 10.8 Å². The van der Waals surface area contributed by atoms with Crippen molar-refractivity contribution in [1.29, 1.82) is 0 Å². The van der Waals surface area contributed by atoms with Crippen LogP contribution >= 0.6 is 11.3 Å². The molecular weight excluding hydrogens is 430 g/mol. The zero-order valence-electron chi connectivity index (χ0n) is 16.7. The van der Waals surface area contributed by atoms with Crippen molar-refractivity contribution >= 4 is 43.0 Å². The molecule has 1 saturated heterocycles. The molecule has 0 unspecified atom stereocenters. The third kappa shape index (κ3) is 4.07. The number of sulfonamides is 1. The van der Waals surface area contributed by atoms with Gasteiger partial charge in [-0.2, -0.15) is 4.31 Å². The average Bonchev–Trinajstić information content (AvgIpc) is 3.28. The number of ether oxygens (including phenoxy) is 1. The number of benzene rings is 3. The monoisotopic (exact) mass is 451 g/mol. The number of rotatable bonds is 5. The van der Waals surface area contributed by atoms with Gasteiger partial charge in [0.15, 0.2) is 5.13 Å². The first kappa shape index (κ1) is 20.1. The molecule has 0 bridgehead atoms. The summed E-state index contributed by atoms with van der Waals surface area (Å²) in [6.07, 6.45) is 0.